The van der Waals surface area contributed by atoms with E-state index in [1.807, 2.05) is 6.07 Å². The fourth-order valence-corrected chi connectivity index (χ4v) is 3.94. The van der Waals surface area contributed by atoms with Crippen LogP contribution in [-0.4, -0.2) is 23.3 Å². The molecule has 2 saturated carbocycles. The summed E-state index contributed by atoms with van der Waals surface area (Å²) >= 11 is 0. The van der Waals surface area contributed by atoms with E-state index in [-0.39, 0.29) is 5.82 Å². The Morgan fingerprint density at radius 1 is 1.38 bits per heavy atom. The van der Waals surface area contributed by atoms with Crippen molar-refractivity contribution >= 4 is 0 Å². The van der Waals surface area contributed by atoms with Crippen molar-refractivity contribution in [2.45, 2.75) is 63.0 Å². The smallest absolute Gasteiger partial charge is 0.123 e. The van der Waals surface area contributed by atoms with Gasteiger partial charge in [0.25, 0.3) is 0 Å². The summed E-state index contributed by atoms with van der Waals surface area (Å²) in [6, 6.07) is 7.42. The highest BCUT2D eigenvalue weighted by Gasteiger charge is 2.35. The van der Waals surface area contributed by atoms with Gasteiger partial charge in [-0.15, -0.1) is 0 Å². The quantitative estimate of drug-likeness (QED) is 0.888. The van der Waals surface area contributed by atoms with Gasteiger partial charge in [-0.05, 0) is 55.2 Å². The summed E-state index contributed by atoms with van der Waals surface area (Å²) in [4.78, 5) is 0. The lowest BCUT2D eigenvalue weighted by atomic mass is 9.74. The highest BCUT2D eigenvalue weighted by molar-refractivity contribution is 5.23. The molecule has 0 heterocycles. The number of benzene rings is 1. The first-order valence-electron chi connectivity index (χ1n) is 8.25. The average Bonchev–Trinajstić information content (AvgIpc) is 2.36. The summed E-state index contributed by atoms with van der Waals surface area (Å²) in [5.41, 5.74) is 0.597. The van der Waals surface area contributed by atoms with Crippen molar-refractivity contribution in [2.24, 2.45) is 5.92 Å². The zero-order valence-electron chi connectivity index (χ0n) is 12.8. The Balaban J connectivity index is 1.45. The fourth-order valence-electron chi connectivity index (χ4n) is 3.94. The summed E-state index contributed by atoms with van der Waals surface area (Å²) in [6.07, 6.45) is 6.32. The lowest BCUT2D eigenvalue weighted by Gasteiger charge is -2.41. The van der Waals surface area contributed by atoms with Gasteiger partial charge in [-0.2, -0.15) is 0 Å². The predicted octanol–water partition coefficient (Wildman–Crippen LogP) is 3.60. The second-order valence-corrected chi connectivity index (χ2v) is 7.23. The Morgan fingerprint density at radius 2 is 2.19 bits per heavy atom. The molecule has 2 aliphatic rings. The maximum Gasteiger partial charge on any atom is 0.123 e. The predicted molar refractivity (Wildman–Crippen MR) is 82.7 cm³/mol. The molecule has 0 amide bonds. The highest BCUT2D eigenvalue weighted by atomic mass is 19.1. The molecule has 1 aromatic rings. The number of nitrogens with one attached hydrogen (secondary N) is 1. The molecule has 0 aromatic heterocycles. The minimum atomic E-state index is -0.512. The van der Waals surface area contributed by atoms with Gasteiger partial charge in [-0.3, -0.25) is 0 Å². The molecule has 2 aliphatic carbocycles. The third kappa shape index (κ3) is 3.64. The Morgan fingerprint density at radius 3 is 2.90 bits per heavy atom. The maximum atomic E-state index is 13.2. The molecule has 1 aromatic carbocycles. The van der Waals surface area contributed by atoms with E-state index in [0.29, 0.717) is 24.4 Å². The standard InChI is InChI=1S/C18H26FNO/c1-13-4-3-7-18(21,11-13)12-20-17-9-15(10-17)14-5-2-6-16(19)8-14/h2,5-6,8,13,15,17,20-21H,3-4,7,9-12H2,1H3. The van der Waals surface area contributed by atoms with Gasteiger partial charge >= 0.3 is 0 Å². The van der Waals surface area contributed by atoms with Crippen molar-refractivity contribution < 1.29 is 9.50 Å². The second-order valence-electron chi connectivity index (χ2n) is 7.23. The molecule has 3 heteroatoms. The zero-order chi connectivity index (χ0) is 14.9. The fraction of sp³-hybridized carbons (Fsp3) is 0.667. The van der Waals surface area contributed by atoms with Crippen molar-refractivity contribution in [3.05, 3.63) is 35.6 Å². The van der Waals surface area contributed by atoms with Gasteiger partial charge in [0.2, 0.25) is 0 Å². The van der Waals surface area contributed by atoms with Crippen LogP contribution >= 0.6 is 0 Å². The number of rotatable bonds is 4. The lowest BCUT2D eigenvalue weighted by molar-refractivity contribution is -0.0162. The molecule has 3 rings (SSSR count). The van der Waals surface area contributed by atoms with Crippen molar-refractivity contribution in [2.75, 3.05) is 6.54 Å². The SMILES string of the molecule is CC1CCCC(O)(CNC2CC(c3cccc(F)c3)C2)C1. The monoisotopic (exact) mass is 291 g/mol. The Labute approximate surface area is 126 Å². The van der Waals surface area contributed by atoms with Crippen LogP contribution in [0, 0.1) is 11.7 Å². The number of hydrogen-bond donors (Lipinski definition) is 2. The number of hydrogen-bond acceptors (Lipinski definition) is 2. The van der Waals surface area contributed by atoms with E-state index in [2.05, 4.69) is 12.2 Å². The molecular formula is C18H26FNO. The molecule has 0 saturated heterocycles. The largest absolute Gasteiger partial charge is 0.389 e. The van der Waals surface area contributed by atoms with Crippen LogP contribution in [0.15, 0.2) is 24.3 Å². The van der Waals surface area contributed by atoms with Gasteiger partial charge in [-0.25, -0.2) is 4.39 Å². The summed E-state index contributed by atoms with van der Waals surface area (Å²) in [7, 11) is 0. The van der Waals surface area contributed by atoms with Crippen molar-refractivity contribution in [3.8, 4) is 0 Å². The first-order valence-corrected chi connectivity index (χ1v) is 8.25. The van der Waals surface area contributed by atoms with E-state index in [9.17, 15) is 9.50 Å². The molecule has 2 unspecified atom stereocenters. The van der Waals surface area contributed by atoms with Crippen LogP contribution in [0.5, 0.6) is 0 Å². The van der Waals surface area contributed by atoms with Gasteiger partial charge < -0.3 is 10.4 Å². The van der Waals surface area contributed by atoms with Crippen LogP contribution in [0.4, 0.5) is 4.39 Å². The van der Waals surface area contributed by atoms with Crippen LogP contribution in [0.3, 0.4) is 0 Å². The molecular weight excluding hydrogens is 265 g/mol. The molecule has 116 valence electrons. The Bertz CT molecular complexity index is 486. The highest BCUT2D eigenvalue weighted by Crippen LogP contribution is 2.38. The first kappa shape index (κ1) is 15.0. The summed E-state index contributed by atoms with van der Waals surface area (Å²) in [6.45, 7) is 2.94. The van der Waals surface area contributed by atoms with Gasteiger partial charge in [0.05, 0.1) is 5.60 Å². The molecule has 2 atom stereocenters. The van der Waals surface area contributed by atoms with E-state index < -0.39 is 5.60 Å². The van der Waals surface area contributed by atoms with E-state index in [1.54, 1.807) is 12.1 Å². The summed E-state index contributed by atoms with van der Waals surface area (Å²) in [5.74, 6) is 0.958. The third-order valence-electron chi connectivity index (χ3n) is 5.25. The molecule has 2 N–H and O–H groups in total. The van der Waals surface area contributed by atoms with E-state index in [1.165, 1.54) is 12.5 Å². The van der Waals surface area contributed by atoms with E-state index in [0.717, 1.165) is 37.7 Å². The second kappa shape index (κ2) is 6.05. The molecule has 0 bridgehead atoms. The lowest BCUT2D eigenvalue weighted by Crippen LogP contribution is -2.50. The van der Waals surface area contributed by atoms with Crippen LogP contribution in [0.25, 0.3) is 0 Å². The van der Waals surface area contributed by atoms with E-state index in [4.69, 9.17) is 0 Å². The minimum Gasteiger partial charge on any atom is -0.389 e. The Hall–Kier alpha value is -0.930. The first-order chi connectivity index (χ1) is 10.0. The summed E-state index contributed by atoms with van der Waals surface area (Å²) in [5, 5.41) is 14.1. The van der Waals surface area contributed by atoms with Crippen molar-refractivity contribution in [3.63, 3.8) is 0 Å². The van der Waals surface area contributed by atoms with Crippen LogP contribution in [0.1, 0.15) is 56.9 Å². The van der Waals surface area contributed by atoms with Crippen LogP contribution in [0.2, 0.25) is 0 Å². The normalized spacial score (nSPS) is 36.2. The summed E-state index contributed by atoms with van der Waals surface area (Å²) < 4.78 is 13.2. The van der Waals surface area contributed by atoms with Gasteiger partial charge in [0, 0.05) is 12.6 Å². The minimum absolute atomic E-state index is 0.144. The molecule has 2 nitrogen and oxygen atoms in total. The van der Waals surface area contributed by atoms with Gasteiger partial charge in [-0.1, -0.05) is 31.9 Å². The maximum absolute atomic E-state index is 13.2. The average molecular weight is 291 g/mol. The Kier molecular flexibility index (Phi) is 4.32. The van der Waals surface area contributed by atoms with Crippen LogP contribution in [-0.2, 0) is 0 Å². The molecule has 21 heavy (non-hydrogen) atoms. The third-order valence-corrected chi connectivity index (χ3v) is 5.25. The van der Waals surface area contributed by atoms with Gasteiger partial charge in [0.1, 0.15) is 5.82 Å². The molecule has 0 aliphatic heterocycles. The number of aliphatic hydroxyl groups is 1. The molecule has 0 radical (unpaired) electrons. The molecule has 0 spiro atoms. The molecule has 2 fully saturated rings. The number of halogens is 1. The van der Waals surface area contributed by atoms with Gasteiger partial charge in [0.15, 0.2) is 0 Å². The zero-order valence-corrected chi connectivity index (χ0v) is 12.8. The van der Waals surface area contributed by atoms with Crippen molar-refractivity contribution in [1.82, 2.24) is 5.32 Å². The van der Waals surface area contributed by atoms with E-state index >= 15 is 0 Å². The van der Waals surface area contributed by atoms with Crippen LogP contribution < -0.4 is 5.32 Å². The van der Waals surface area contributed by atoms with Crippen molar-refractivity contribution in [1.29, 1.82) is 0 Å². The topological polar surface area (TPSA) is 32.3 Å².